The highest BCUT2D eigenvalue weighted by molar-refractivity contribution is 7.92. The van der Waals surface area contributed by atoms with Crippen LogP contribution in [0.4, 0.5) is 11.4 Å². The molecule has 1 fully saturated rings. The van der Waals surface area contributed by atoms with Crippen LogP contribution in [0, 0.1) is 0 Å². The third kappa shape index (κ3) is 4.50. The van der Waals surface area contributed by atoms with Crippen molar-refractivity contribution in [2.45, 2.75) is 24.8 Å². The van der Waals surface area contributed by atoms with E-state index >= 15 is 0 Å². The highest BCUT2D eigenvalue weighted by Crippen LogP contribution is 2.22. The largest absolute Gasteiger partial charge is 0.369 e. The Hall–Kier alpha value is -1.76. The Kier molecular flexibility index (Phi) is 5.75. The van der Waals surface area contributed by atoms with Crippen LogP contribution in [0.5, 0.6) is 0 Å². The van der Waals surface area contributed by atoms with E-state index in [1.54, 1.807) is 24.3 Å². The monoisotopic (exact) mass is 393 g/mol. The van der Waals surface area contributed by atoms with Crippen LogP contribution in [0.1, 0.15) is 13.8 Å². The Bertz CT molecular complexity index is 828. The molecular formula is C19H24ClN3O2S. The second-order valence-electron chi connectivity index (χ2n) is 6.72. The number of hydrogen-bond acceptors (Lipinski definition) is 4. The minimum absolute atomic E-state index is 0.191. The molecule has 0 atom stereocenters. The minimum Gasteiger partial charge on any atom is -0.369 e. The van der Waals surface area contributed by atoms with Crippen molar-refractivity contribution in [1.82, 2.24) is 4.90 Å². The van der Waals surface area contributed by atoms with Gasteiger partial charge in [0.05, 0.1) is 4.90 Å². The molecule has 0 spiro atoms. The number of nitrogens with zero attached hydrogens (tertiary/aromatic N) is 2. The molecule has 0 amide bonds. The Balaban J connectivity index is 1.65. The SMILES string of the molecule is CC(C)N1CCN(c2ccc(NS(=O)(=O)c3ccc(Cl)cc3)cc2)CC1. The third-order valence-electron chi connectivity index (χ3n) is 4.65. The normalized spacial score (nSPS) is 16.1. The first-order valence-electron chi connectivity index (χ1n) is 8.72. The van der Waals surface area contributed by atoms with Crippen molar-refractivity contribution in [3.63, 3.8) is 0 Å². The number of nitrogens with one attached hydrogen (secondary N) is 1. The van der Waals surface area contributed by atoms with E-state index in [0.717, 1.165) is 31.9 Å². The molecule has 1 aliphatic rings. The summed E-state index contributed by atoms with van der Waals surface area (Å²) in [4.78, 5) is 4.98. The summed E-state index contributed by atoms with van der Waals surface area (Å²) in [6.45, 7) is 8.49. The number of anilines is 2. The van der Waals surface area contributed by atoms with Crippen LogP contribution in [-0.2, 0) is 10.0 Å². The lowest BCUT2D eigenvalue weighted by Crippen LogP contribution is -2.48. The van der Waals surface area contributed by atoms with Gasteiger partial charge in [0.15, 0.2) is 0 Å². The first kappa shape index (κ1) is 19.0. The molecular weight excluding hydrogens is 370 g/mol. The molecule has 3 rings (SSSR count). The van der Waals surface area contributed by atoms with E-state index in [0.29, 0.717) is 16.8 Å². The molecule has 0 saturated carbocycles. The number of hydrogen-bond donors (Lipinski definition) is 1. The van der Waals surface area contributed by atoms with E-state index in [4.69, 9.17) is 11.6 Å². The highest BCUT2D eigenvalue weighted by atomic mass is 35.5. The molecule has 0 unspecified atom stereocenters. The first-order chi connectivity index (χ1) is 12.3. The molecule has 0 aromatic heterocycles. The van der Waals surface area contributed by atoms with E-state index in [1.165, 1.54) is 12.1 Å². The van der Waals surface area contributed by atoms with Crippen molar-refractivity contribution in [2.75, 3.05) is 35.8 Å². The standard InChI is InChI=1S/C19H24ClN3O2S/c1-15(2)22-11-13-23(14-12-22)18-7-5-17(6-8-18)21-26(24,25)19-9-3-16(20)4-10-19/h3-10,15,21H,11-14H2,1-2H3. The number of sulfonamides is 1. The van der Waals surface area contributed by atoms with Gasteiger partial charge >= 0.3 is 0 Å². The molecule has 2 aromatic carbocycles. The number of halogens is 1. The number of benzene rings is 2. The fraction of sp³-hybridized carbons (Fsp3) is 0.368. The molecule has 140 valence electrons. The molecule has 26 heavy (non-hydrogen) atoms. The molecule has 0 bridgehead atoms. The summed E-state index contributed by atoms with van der Waals surface area (Å²) in [5.41, 5.74) is 1.66. The van der Waals surface area contributed by atoms with Gasteiger partial charge in [-0.15, -0.1) is 0 Å². The summed E-state index contributed by atoms with van der Waals surface area (Å²) >= 11 is 5.82. The topological polar surface area (TPSA) is 52.6 Å². The molecule has 1 aliphatic heterocycles. The van der Waals surface area contributed by atoms with Crippen LogP contribution in [0.2, 0.25) is 5.02 Å². The lowest BCUT2D eigenvalue weighted by molar-refractivity contribution is 0.209. The number of piperazine rings is 1. The van der Waals surface area contributed by atoms with Gasteiger partial charge in [-0.2, -0.15) is 0 Å². The van der Waals surface area contributed by atoms with Gasteiger partial charge in [-0.3, -0.25) is 9.62 Å². The Morgan fingerprint density at radius 2 is 1.50 bits per heavy atom. The summed E-state index contributed by atoms with van der Waals surface area (Å²) < 4.78 is 27.5. The summed E-state index contributed by atoms with van der Waals surface area (Å²) in [5.74, 6) is 0. The van der Waals surface area contributed by atoms with E-state index in [9.17, 15) is 8.42 Å². The zero-order chi connectivity index (χ0) is 18.7. The van der Waals surface area contributed by atoms with Crippen molar-refractivity contribution >= 4 is 33.0 Å². The molecule has 0 radical (unpaired) electrons. The molecule has 7 heteroatoms. The van der Waals surface area contributed by atoms with Crippen LogP contribution in [0.25, 0.3) is 0 Å². The number of rotatable bonds is 5. The maximum absolute atomic E-state index is 12.4. The van der Waals surface area contributed by atoms with Gasteiger partial charge < -0.3 is 4.90 Å². The zero-order valence-corrected chi connectivity index (χ0v) is 16.6. The maximum atomic E-state index is 12.4. The van der Waals surface area contributed by atoms with Crippen molar-refractivity contribution in [2.24, 2.45) is 0 Å². The van der Waals surface area contributed by atoms with E-state index in [-0.39, 0.29) is 4.90 Å². The second kappa shape index (κ2) is 7.86. The predicted molar refractivity (Wildman–Crippen MR) is 108 cm³/mol. The smallest absolute Gasteiger partial charge is 0.261 e. The average molecular weight is 394 g/mol. The fourth-order valence-electron chi connectivity index (χ4n) is 3.06. The van der Waals surface area contributed by atoms with Gasteiger partial charge in [-0.05, 0) is 62.4 Å². The van der Waals surface area contributed by atoms with Crippen LogP contribution >= 0.6 is 11.6 Å². The van der Waals surface area contributed by atoms with Crippen molar-refractivity contribution in [3.8, 4) is 0 Å². The molecule has 2 aromatic rings. The summed E-state index contributed by atoms with van der Waals surface area (Å²) in [5, 5.41) is 0.505. The quantitative estimate of drug-likeness (QED) is 0.842. The Labute approximate surface area is 160 Å². The van der Waals surface area contributed by atoms with E-state index < -0.39 is 10.0 Å². The van der Waals surface area contributed by atoms with E-state index in [1.807, 2.05) is 12.1 Å². The molecule has 1 saturated heterocycles. The van der Waals surface area contributed by atoms with Gasteiger partial charge in [0.2, 0.25) is 0 Å². The first-order valence-corrected chi connectivity index (χ1v) is 10.6. The Morgan fingerprint density at radius 1 is 0.923 bits per heavy atom. The lowest BCUT2D eigenvalue weighted by atomic mass is 10.2. The zero-order valence-electron chi connectivity index (χ0n) is 15.0. The van der Waals surface area contributed by atoms with Crippen molar-refractivity contribution < 1.29 is 8.42 Å². The summed E-state index contributed by atoms with van der Waals surface area (Å²) in [7, 11) is -3.61. The maximum Gasteiger partial charge on any atom is 0.261 e. The van der Waals surface area contributed by atoms with Gasteiger partial charge in [-0.25, -0.2) is 8.42 Å². The van der Waals surface area contributed by atoms with Gasteiger partial charge in [0.1, 0.15) is 0 Å². The second-order valence-corrected chi connectivity index (χ2v) is 8.84. The van der Waals surface area contributed by atoms with Gasteiger partial charge in [0.25, 0.3) is 10.0 Å². The average Bonchev–Trinajstić information content (AvgIpc) is 2.62. The molecule has 1 heterocycles. The molecule has 5 nitrogen and oxygen atoms in total. The fourth-order valence-corrected chi connectivity index (χ4v) is 4.25. The lowest BCUT2D eigenvalue weighted by Gasteiger charge is -2.38. The van der Waals surface area contributed by atoms with Crippen molar-refractivity contribution in [3.05, 3.63) is 53.6 Å². The molecule has 0 aliphatic carbocycles. The molecule has 1 N–H and O–H groups in total. The summed E-state index contributed by atoms with van der Waals surface area (Å²) in [6, 6.07) is 14.2. The highest BCUT2D eigenvalue weighted by Gasteiger charge is 2.19. The van der Waals surface area contributed by atoms with Crippen LogP contribution in [0.3, 0.4) is 0 Å². The minimum atomic E-state index is -3.61. The third-order valence-corrected chi connectivity index (χ3v) is 6.30. The summed E-state index contributed by atoms with van der Waals surface area (Å²) in [6.07, 6.45) is 0. The van der Waals surface area contributed by atoms with Gasteiger partial charge in [0, 0.05) is 48.6 Å². The van der Waals surface area contributed by atoms with Crippen LogP contribution < -0.4 is 9.62 Å². The van der Waals surface area contributed by atoms with Crippen LogP contribution in [-0.4, -0.2) is 45.5 Å². The van der Waals surface area contributed by atoms with Crippen molar-refractivity contribution in [1.29, 1.82) is 0 Å². The predicted octanol–water partition coefficient (Wildman–Crippen LogP) is 3.67. The van der Waals surface area contributed by atoms with Gasteiger partial charge in [-0.1, -0.05) is 11.6 Å². The Morgan fingerprint density at radius 3 is 2.04 bits per heavy atom. The van der Waals surface area contributed by atoms with Crippen LogP contribution in [0.15, 0.2) is 53.4 Å². The van der Waals surface area contributed by atoms with E-state index in [2.05, 4.69) is 28.4 Å².